The highest BCUT2D eigenvalue weighted by atomic mass is 79.9. The van der Waals surface area contributed by atoms with Crippen molar-refractivity contribution in [3.8, 4) is 0 Å². The van der Waals surface area contributed by atoms with E-state index in [1.54, 1.807) is 18.0 Å². The third-order valence-corrected chi connectivity index (χ3v) is 4.40. The third-order valence-electron chi connectivity index (χ3n) is 2.37. The number of hydrogen-bond acceptors (Lipinski definition) is 3. The van der Waals surface area contributed by atoms with Gasteiger partial charge in [-0.15, -0.1) is 0 Å². The van der Waals surface area contributed by atoms with Gasteiger partial charge in [-0.25, -0.2) is 4.98 Å². The zero-order valence-electron chi connectivity index (χ0n) is 9.57. The highest BCUT2D eigenvalue weighted by Crippen LogP contribution is 2.35. The average Bonchev–Trinajstić information content (AvgIpc) is 2.36. The first kappa shape index (κ1) is 13.9. The normalized spacial score (nSPS) is 10.6. The second-order valence-electron chi connectivity index (χ2n) is 3.68. The fourth-order valence-corrected chi connectivity index (χ4v) is 3.01. The fourth-order valence-electron chi connectivity index (χ4n) is 1.55. The summed E-state index contributed by atoms with van der Waals surface area (Å²) in [5.74, 6) is 0. The van der Waals surface area contributed by atoms with Gasteiger partial charge in [-0.2, -0.15) is 0 Å². The van der Waals surface area contributed by atoms with E-state index >= 15 is 0 Å². The predicted molar refractivity (Wildman–Crippen MR) is 80.3 cm³/mol. The summed E-state index contributed by atoms with van der Waals surface area (Å²) in [5.41, 5.74) is 6.78. The molecule has 0 bridgehead atoms. The van der Waals surface area contributed by atoms with Gasteiger partial charge in [0.2, 0.25) is 0 Å². The molecule has 0 unspecified atom stereocenters. The van der Waals surface area contributed by atoms with Gasteiger partial charge in [0, 0.05) is 15.6 Å². The molecule has 2 rings (SSSR count). The van der Waals surface area contributed by atoms with Gasteiger partial charge in [0.05, 0.1) is 5.02 Å². The number of halogens is 2. The molecular weight excluding hydrogens is 332 g/mol. The largest absolute Gasteiger partial charge is 0.330 e. The number of nitrogens with two attached hydrogens (primary N) is 1. The lowest BCUT2D eigenvalue weighted by Gasteiger charge is -2.09. The van der Waals surface area contributed by atoms with Crippen LogP contribution in [0.15, 0.2) is 50.9 Å². The molecule has 0 saturated heterocycles. The van der Waals surface area contributed by atoms with Gasteiger partial charge in [0.25, 0.3) is 0 Å². The SMILES string of the molecule is NCCc1cccc(Cl)c1Sc1ccc(Br)cn1. The third kappa shape index (κ3) is 3.48. The molecule has 0 spiro atoms. The molecule has 2 N–H and O–H groups in total. The molecule has 1 aromatic carbocycles. The molecule has 0 aliphatic heterocycles. The topological polar surface area (TPSA) is 38.9 Å². The van der Waals surface area contributed by atoms with Crippen molar-refractivity contribution in [2.75, 3.05) is 6.54 Å². The average molecular weight is 344 g/mol. The summed E-state index contributed by atoms with van der Waals surface area (Å²) in [6.07, 6.45) is 2.60. The molecule has 18 heavy (non-hydrogen) atoms. The smallest absolute Gasteiger partial charge is 0.101 e. The van der Waals surface area contributed by atoms with E-state index in [0.717, 1.165) is 25.8 Å². The first-order chi connectivity index (χ1) is 8.70. The Morgan fingerprint density at radius 1 is 1.28 bits per heavy atom. The van der Waals surface area contributed by atoms with Crippen LogP contribution in [0.2, 0.25) is 5.02 Å². The van der Waals surface area contributed by atoms with Gasteiger partial charge in [-0.3, -0.25) is 0 Å². The van der Waals surface area contributed by atoms with E-state index in [2.05, 4.69) is 27.0 Å². The van der Waals surface area contributed by atoms with Crippen molar-refractivity contribution in [2.24, 2.45) is 5.73 Å². The highest BCUT2D eigenvalue weighted by molar-refractivity contribution is 9.10. The van der Waals surface area contributed by atoms with Crippen LogP contribution in [0.25, 0.3) is 0 Å². The van der Waals surface area contributed by atoms with Crippen LogP contribution in [-0.4, -0.2) is 11.5 Å². The summed E-state index contributed by atoms with van der Waals surface area (Å²) in [4.78, 5) is 5.38. The number of benzene rings is 1. The molecule has 0 amide bonds. The van der Waals surface area contributed by atoms with Gasteiger partial charge in [-0.1, -0.05) is 35.5 Å². The van der Waals surface area contributed by atoms with Crippen LogP contribution in [0.1, 0.15) is 5.56 Å². The molecule has 0 saturated carbocycles. The first-order valence-electron chi connectivity index (χ1n) is 5.47. The minimum absolute atomic E-state index is 0.613. The second kappa shape index (κ2) is 6.57. The quantitative estimate of drug-likeness (QED) is 0.906. The van der Waals surface area contributed by atoms with Crippen LogP contribution in [0, 0.1) is 0 Å². The van der Waals surface area contributed by atoms with Gasteiger partial charge < -0.3 is 5.73 Å². The minimum Gasteiger partial charge on any atom is -0.330 e. The van der Waals surface area contributed by atoms with E-state index < -0.39 is 0 Å². The van der Waals surface area contributed by atoms with Crippen LogP contribution < -0.4 is 5.73 Å². The van der Waals surface area contributed by atoms with Crippen LogP contribution in [-0.2, 0) is 6.42 Å². The van der Waals surface area contributed by atoms with Crippen LogP contribution in [0.5, 0.6) is 0 Å². The fraction of sp³-hybridized carbons (Fsp3) is 0.154. The molecule has 5 heteroatoms. The molecule has 0 aliphatic carbocycles. The molecule has 1 heterocycles. The lowest BCUT2D eigenvalue weighted by molar-refractivity contribution is 0.943. The molecule has 0 radical (unpaired) electrons. The maximum absolute atomic E-state index is 6.25. The Morgan fingerprint density at radius 3 is 2.78 bits per heavy atom. The summed E-state index contributed by atoms with van der Waals surface area (Å²) in [5, 5.41) is 1.67. The van der Waals surface area contributed by atoms with Crippen LogP contribution in [0.4, 0.5) is 0 Å². The maximum Gasteiger partial charge on any atom is 0.101 e. The summed E-state index contributed by atoms with van der Waals surface area (Å²) >= 11 is 11.2. The highest BCUT2D eigenvalue weighted by Gasteiger charge is 2.09. The van der Waals surface area contributed by atoms with Crippen molar-refractivity contribution in [1.29, 1.82) is 0 Å². The Hall–Kier alpha value is -0.550. The molecule has 0 atom stereocenters. The lowest BCUT2D eigenvalue weighted by Crippen LogP contribution is -2.03. The number of aromatic nitrogens is 1. The summed E-state index contributed by atoms with van der Waals surface area (Å²) in [7, 11) is 0. The van der Waals surface area contributed by atoms with Crippen LogP contribution in [0.3, 0.4) is 0 Å². The Bertz CT molecular complexity index is 531. The van der Waals surface area contributed by atoms with Gasteiger partial charge in [-0.05, 0) is 52.7 Å². The Morgan fingerprint density at radius 2 is 2.11 bits per heavy atom. The minimum atomic E-state index is 0.613. The number of nitrogens with zero attached hydrogens (tertiary/aromatic N) is 1. The van der Waals surface area contributed by atoms with E-state index in [1.165, 1.54) is 5.56 Å². The van der Waals surface area contributed by atoms with Crippen molar-refractivity contribution in [1.82, 2.24) is 4.98 Å². The summed E-state index contributed by atoms with van der Waals surface area (Å²) in [6, 6.07) is 9.83. The molecule has 2 nitrogen and oxygen atoms in total. The van der Waals surface area contributed by atoms with Crippen molar-refractivity contribution >= 4 is 39.3 Å². The molecular formula is C13H12BrClN2S. The maximum atomic E-state index is 6.25. The molecule has 0 fully saturated rings. The van der Waals surface area contributed by atoms with E-state index in [9.17, 15) is 0 Å². The first-order valence-corrected chi connectivity index (χ1v) is 7.46. The standard InChI is InChI=1S/C13H12BrClN2S/c14-10-4-5-12(17-8-10)18-13-9(6-7-16)2-1-3-11(13)15/h1-5,8H,6-7,16H2. The number of pyridine rings is 1. The Kier molecular flexibility index (Phi) is 5.06. The predicted octanol–water partition coefficient (Wildman–Crippen LogP) is 4.15. The van der Waals surface area contributed by atoms with E-state index in [1.807, 2.05) is 24.3 Å². The monoisotopic (exact) mass is 342 g/mol. The van der Waals surface area contributed by atoms with Crippen molar-refractivity contribution in [3.05, 3.63) is 51.6 Å². The second-order valence-corrected chi connectivity index (χ2v) is 6.04. The van der Waals surface area contributed by atoms with Crippen molar-refractivity contribution in [2.45, 2.75) is 16.3 Å². The molecule has 1 aromatic heterocycles. The zero-order chi connectivity index (χ0) is 13.0. The van der Waals surface area contributed by atoms with Crippen molar-refractivity contribution < 1.29 is 0 Å². The number of rotatable bonds is 4. The summed E-state index contributed by atoms with van der Waals surface area (Å²) in [6.45, 7) is 0.613. The van der Waals surface area contributed by atoms with Crippen LogP contribution >= 0.6 is 39.3 Å². The molecule has 94 valence electrons. The van der Waals surface area contributed by atoms with Gasteiger partial charge in [0.1, 0.15) is 5.03 Å². The van der Waals surface area contributed by atoms with Gasteiger partial charge in [0.15, 0.2) is 0 Å². The van der Waals surface area contributed by atoms with E-state index in [0.29, 0.717) is 6.54 Å². The summed E-state index contributed by atoms with van der Waals surface area (Å²) < 4.78 is 0.966. The van der Waals surface area contributed by atoms with E-state index in [4.69, 9.17) is 17.3 Å². The Balaban J connectivity index is 2.30. The lowest BCUT2D eigenvalue weighted by atomic mass is 10.1. The molecule has 0 aliphatic rings. The Labute approximate surface area is 124 Å². The number of hydrogen-bond donors (Lipinski definition) is 1. The van der Waals surface area contributed by atoms with Crippen molar-refractivity contribution in [3.63, 3.8) is 0 Å². The van der Waals surface area contributed by atoms with Gasteiger partial charge >= 0.3 is 0 Å². The zero-order valence-corrected chi connectivity index (χ0v) is 12.7. The molecule has 2 aromatic rings. The van der Waals surface area contributed by atoms with E-state index in [-0.39, 0.29) is 0 Å².